The SMILES string of the molecule is O=C(OCc1cc(-c2ccccc2F)no1)c1ccc(C#CC2CCCC2)cc1. The van der Waals surface area contributed by atoms with Gasteiger partial charge in [0.2, 0.25) is 0 Å². The number of hydrogen-bond acceptors (Lipinski definition) is 4. The molecule has 2 aromatic carbocycles. The van der Waals surface area contributed by atoms with E-state index < -0.39 is 5.97 Å². The summed E-state index contributed by atoms with van der Waals surface area (Å²) < 4.78 is 24.2. The minimum Gasteiger partial charge on any atom is -0.454 e. The molecule has 0 radical (unpaired) electrons. The van der Waals surface area contributed by atoms with Crippen molar-refractivity contribution in [2.24, 2.45) is 5.92 Å². The lowest BCUT2D eigenvalue weighted by Gasteiger charge is -2.02. The maximum Gasteiger partial charge on any atom is 0.338 e. The monoisotopic (exact) mass is 389 g/mol. The summed E-state index contributed by atoms with van der Waals surface area (Å²) in [7, 11) is 0. The second-order valence-electron chi connectivity index (χ2n) is 7.06. The third-order valence-corrected chi connectivity index (χ3v) is 4.95. The fraction of sp³-hybridized carbons (Fsp3) is 0.250. The van der Waals surface area contributed by atoms with Crippen LogP contribution in [-0.2, 0) is 11.3 Å². The van der Waals surface area contributed by atoms with E-state index in [0.717, 1.165) is 5.56 Å². The second kappa shape index (κ2) is 8.74. The van der Waals surface area contributed by atoms with Crippen LogP contribution < -0.4 is 0 Å². The minimum absolute atomic E-state index is 0.0798. The Labute approximate surface area is 168 Å². The maximum atomic E-state index is 13.8. The van der Waals surface area contributed by atoms with Crippen LogP contribution in [0.15, 0.2) is 59.1 Å². The molecule has 0 spiro atoms. The van der Waals surface area contributed by atoms with E-state index in [1.54, 1.807) is 36.4 Å². The molecular formula is C24H20FNO3. The van der Waals surface area contributed by atoms with Gasteiger partial charge in [-0.25, -0.2) is 9.18 Å². The Hall–Kier alpha value is -3.39. The van der Waals surface area contributed by atoms with Gasteiger partial charge < -0.3 is 9.26 Å². The Morgan fingerprint density at radius 1 is 1.14 bits per heavy atom. The highest BCUT2D eigenvalue weighted by Gasteiger charge is 2.14. The number of hydrogen-bond donors (Lipinski definition) is 0. The van der Waals surface area contributed by atoms with Crippen LogP contribution in [0.3, 0.4) is 0 Å². The van der Waals surface area contributed by atoms with Crippen LogP contribution in [-0.4, -0.2) is 11.1 Å². The van der Waals surface area contributed by atoms with E-state index in [1.165, 1.54) is 31.7 Å². The van der Waals surface area contributed by atoms with Crippen LogP contribution in [0.1, 0.15) is 47.4 Å². The molecule has 0 saturated heterocycles. The smallest absolute Gasteiger partial charge is 0.338 e. The molecule has 4 nitrogen and oxygen atoms in total. The summed E-state index contributed by atoms with van der Waals surface area (Å²) >= 11 is 0. The summed E-state index contributed by atoms with van der Waals surface area (Å²) in [6.07, 6.45) is 4.88. The minimum atomic E-state index is -0.468. The predicted molar refractivity (Wildman–Crippen MR) is 106 cm³/mol. The molecule has 1 aliphatic carbocycles. The van der Waals surface area contributed by atoms with Crippen molar-refractivity contribution in [2.75, 3.05) is 0 Å². The molecule has 29 heavy (non-hydrogen) atoms. The number of benzene rings is 2. The summed E-state index contributed by atoms with van der Waals surface area (Å²) in [6.45, 7) is -0.0798. The Morgan fingerprint density at radius 2 is 1.90 bits per heavy atom. The topological polar surface area (TPSA) is 52.3 Å². The molecule has 1 aromatic heterocycles. The zero-order valence-corrected chi connectivity index (χ0v) is 15.9. The number of carbonyl (C=O) groups is 1. The normalized spacial score (nSPS) is 13.7. The van der Waals surface area contributed by atoms with Crippen molar-refractivity contribution >= 4 is 5.97 Å². The number of halogens is 1. The third-order valence-electron chi connectivity index (χ3n) is 4.95. The Morgan fingerprint density at radius 3 is 2.66 bits per heavy atom. The van der Waals surface area contributed by atoms with Gasteiger partial charge in [-0.1, -0.05) is 42.0 Å². The number of rotatable bonds is 4. The first-order valence-electron chi connectivity index (χ1n) is 9.68. The summed E-state index contributed by atoms with van der Waals surface area (Å²) in [6, 6.07) is 14.9. The van der Waals surface area contributed by atoms with Crippen molar-refractivity contribution in [3.05, 3.63) is 77.3 Å². The number of ether oxygens (including phenoxy) is 1. The quantitative estimate of drug-likeness (QED) is 0.444. The van der Waals surface area contributed by atoms with E-state index in [1.807, 2.05) is 12.1 Å². The van der Waals surface area contributed by atoms with Crippen molar-refractivity contribution in [3.63, 3.8) is 0 Å². The summed E-state index contributed by atoms with van der Waals surface area (Å²) in [5.74, 6) is 6.46. The number of nitrogens with zero attached hydrogens (tertiary/aromatic N) is 1. The van der Waals surface area contributed by atoms with Crippen LogP contribution >= 0.6 is 0 Å². The van der Waals surface area contributed by atoms with Crippen molar-refractivity contribution in [1.82, 2.24) is 5.16 Å². The molecule has 0 unspecified atom stereocenters. The van der Waals surface area contributed by atoms with Gasteiger partial charge >= 0.3 is 5.97 Å². The van der Waals surface area contributed by atoms with Crippen LogP contribution in [0.5, 0.6) is 0 Å². The Balaban J connectivity index is 1.34. The van der Waals surface area contributed by atoms with Crippen molar-refractivity contribution in [3.8, 4) is 23.1 Å². The van der Waals surface area contributed by atoms with Gasteiger partial charge in [-0.05, 0) is 49.2 Å². The van der Waals surface area contributed by atoms with Crippen molar-refractivity contribution in [2.45, 2.75) is 32.3 Å². The molecule has 3 aromatic rings. The number of esters is 1. The van der Waals surface area contributed by atoms with Crippen LogP contribution in [0.2, 0.25) is 0 Å². The highest BCUT2D eigenvalue weighted by molar-refractivity contribution is 5.89. The van der Waals surface area contributed by atoms with Crippen LogP contribution in [0.25, 0.3) is 11.3 Å². The van der Waals surface area contributed by atoms with E-state index in [2.05, 4.69) is 17.0 Å². The molecule has 1 fully saturated rings. The third kappa shape index (κ3) is 4.72. The summed E-state index contributed by atoms with van der Waals surface area (Å²) in [4.78, 5) is 12.2. The molecule has 1 heterocycles. The first-order chi connectivity index (χ1) is 14.2. The largest absolute Gasteiger partial charge is 0.454 e. The lowest BCUT2D eigenvalue weighted by atomic mass is 10.1. The molecule has 0 aliphatic heterocycles. The molecule has 1 saturated carbocycles. The van der Waals surface area contributed by atoms with E-state index >= 15 is 0 Å². The fourth-order valence-corrected chi connectivity index (χ4v) is 3.34. The van der Waals surface area contributed by atoms with Gasteiger partial charge in [0, 0.05) is 23.1 Å². The zero-order chi connectivity index (χ0) is 20.1. The second-order valence-corrected chi connectivity index (χ2v) is 7.06. The molecular weight excluding hydrogens is 369 g/mol. The van der Waals surface area contributed by atoms with E-state index in [0.29, 0.717) is 28.5 Å². The van der Waals surface area contributed by atoms with E-state index in [-0.39, 0.29) is 12.4 Å². The average Bonchev–Trinajstić information content (AvgIpc) is 3.43. The van der Waals surface area contributed by atoms with Gasteiger partial charge in [-0.15, -0.1) is 0 Å². The van der Waals surface area contributed by atoms with Gasteiger partial charge in [0.05, 0.1) is 5.56 Å². The van der Waals surface area contributed by atoms with Gasteiger partial charge in [0.1, 0.15) is 11.5 Å². The molecule has 0 amide bonds. The number of carbonyl (C=O) groups excluding carboxylic acids is 1. The standard InChI is InChI=1S/C24H20FNO3/c25-22-8-4-3-7-21(22)23-15-20(29-26-23)16-28-24(27)19-13-11-18(12-14-19)10-9-17-5-1-2-6-17/h3-4,7-8,11-15,17H,1-2,5-6,16H2. The summed E-state index contributed by atoms with van der Waals surface area (Å²) in [5, 5.41) is 3.84. The van der Waals surface area contributed by atoms with Crippen molar-refractivity contribution in [1.29, 1.82) is 0 Å². The van der Waals surface area contributed by atoms with Crippen molar-refractivity contribution < 1.29 is 18.4 Å². The Kier molecular flexibility index (Phi) is 5.71. The average molecular weight is 389 g/mol. The van der Waals surface area contributed by atoms with Gasteiger partial charge in [0.15, 0.2) is 12.4 Å². The van der Waals surface area contributed by atoms with Crippen LogP contribution in [0, 0.1) is 23.6 Å². The molecule has 1 aliphatic rings. The first kappa shape index (κ1) is 18.9. The molecule has 0 N–H and O–H groups in total. The van der Waals surface area contributed by atoms with Gasteiger partial charge in [-0.3, -0.25) is 0 Å². The zero-order valence-electron chi connectivity index (χ0n) is 15.9. The summed E-state index contributed by atoms with van der Waals surface area (Å²) in [5.41, 5.74) is 2.02. The predicted octanol–water partition coefficient (Wildman–Crippen LogP) is 5.38. The lowest BCUT2D eigenvalue weighted by Crippen LogP contribution is -2.04. The molecule has 4 rings (SSSR count). The maximum absolute atomic E-state index is 13.8. The molecule has 0 atom stereocenters. The fourth-order valence-electron chi connectivity index (χ4n) is 3.34. The molecule has 146 valence electrons. The van der Waals surface area contributed by atoms with E-state index in [9.17, 15) is 9.18 Å². The van der Waals surface area contributed by atoms with Gasteiger partial charge in [0.25, 0.3) is 0 Å². The first-order valence-corrected chi connectivity index (χ1v) is 9.68. The van der Waals surface area contributed by atoms with Crippen LogP contribution in [0.4, 0.5) is 4.39 Å². The molecule has 5 heteroatoms. The lowest BCUT2D eigenvalue weighted by molar-refractivity contribution is 0.0437. The Bertz CT molecular complexity index is 1050. The van der Waals surface area contributed by atoms with E-state index in [4.69, 9.17) is 9.26 Å². The highest BCUT2D eigenvalue weighted by atomic mass is 19.1. The highest BCUT2D eigenvalue weighted by Crippen LogP contribution is 2.24. The molecule has 0 bridgehead atoms. The van der Waals surface area contributed by atoms with Gasteiger partial charge in [-0.2, -0.15) is 0 Å². The number of aromatic nitrogens is 1.